The van der Waals surface area contributed by atoms with E-state index in [2.05, 4.69) is 66.7 Å². The fourth-order valence-corrected chi connectivity index (χ4v) is 3.88. The normalized spacial score (nSPS) is 10.7. The molecular formula is C23H17OS. The van der Waals surface area contributed by atoms with Crippen molar-refractivity contribution in [1.82, 2.24) is 0 Å². The zero-order valence-electron chi connectivity index (χ0n) is 13.7. The van der Waals surface area contributed by atoms with Crippen LogP contribution in [0.5, 0.6) is 0 Å². The Bertz CT molecular complexity index is 929. The molecule has 25 heavy (non-hydrogen) atoms. The molecule has 0 aliphatic heterocycles. The van der Waals surface area contributed by atoms with E-state index in [0.717, 1.165) is 17.1 Å². The Labute approximate surface area is 152 Å². The van der Waals surface area contributed by atoms with Crippen LogP contribution in [0.2, 0.25) is 0 Å². The highest BCUT2D eigenvalue weighted by molar-refractivity contribution is 7.98. The fourth-order valence-electron chi connectivity index (χ4n) is 2.84. The largest absolute Gasteiger partial charge is 0.464 e. The first-order chi connectivity index (χ1) is 12.4. The Hall–Kier alpha value is -2.71. The molecule has 1 aromatic heterocycles. The number of benzene rings is 3. The van der Waals surface area contributed by atoms with Crippen molar-refractivity contribution in [2.24, 2.45) is 0 Å². The van der Waals surface area contributed by atoms with E-state index in [1.54, 1.807) is 6.26 Å². The maximum absolute atomic E-state index is 5.66. The van der Waals surface area contributed by atoms with Crippen LogP contribution in [0.3, 0.4) is 0 Å². The highest BCUT2D eigenvalue weighted by Gasteiger charge is 2.14. The number of furan rings is 1. The van der Waals surface area contributed by atoms with Gasteiger partial charge in [-0.3, -0.25) is 0 Å². The van der Waals surface area contributed by atoms with Crippen molar-refractivity contribution < 1.29 is 4.42 Å². The van der Waals surface area contributed by atoms with Gasteiger partial charge in [-0.1, -0.05) is 66.7 Å². The molecule has 1 nitrogen and oxygen atoms in total. The van der Waals surface area contributed by atoms with E-state index >= 15 is 0 Å². The molecule has 2 heteroatoms. The monoisotopic (exact) mass is 341 g/mol. The lowest BCUT2D eigenvalue weighted by Crippen LogP contribution is -1.89. The highest BCUT2D eigenvalue weighted by atomic mass is 32.2. The molecule has 0 aliphatic carbocycles. The summed E-state index contributed by atoms with van der Waals surface area (Å²) in [5.74, 6) is 1.78. The third-order valence-corrected chi connectivity index (χ3v) is 5.15. The molecule has 0 N–H and O–H groups in total. The van der Waals surface area contributed by atoms with Crippen LogP contribution >= 0.6 is 11.8 Å². The number of hydrogen-bond acceptors (Lipinski definition) is 2. The average Bonchev–Trinajstić information content (AvgIpc) is 3.22. The quantitative estimate of drug-likeness (QED) is 0.374. The van der Waals surface area contributed by atoms with Gasteiger partial charge in [0.05, 0.1) is 6.26 Å². The second-order valence-corrected chi connectivity index (χ2v) is 6.73. The maximum Gasteiger partial charge on any atom is 0.135 e. The lowest BCUT2D eigenvalue weighted by Gasteiger charge is -2.13. The van der Waals surface area contributed by atoms with Gasteiger partial charge in [0.15, 0.2) is 0 Å². The fraction of sp³-hybridized carbons (Fsp3) is 0.0435. The second kappa shape index (κ2) is 7.45. The minimum Gasteiger partial charge on any atom is -0.464 e. The third kappa shape index (κ3) is 3.54. The molecule has 1 radical (unpaired) electrons. The lowest BCUT2D eigenvalue weighted by atomic mass is 9.98. The van der Waals surface area contributed by atoms with E-state index in [9.17, 15) is 0 Å². The maximum atomic E-state index is 5.66. The van der Waals surface area contributed by atoms with Crippen molar-refractivity contribution >= 4 is 11.8 Å². The zero-order valence-corrected chi connectivity index (χ0v) is 14.5. The Morgan fingerprint density at radius 2 is 1.56 bits per heavy atom. The highest BCUT2D eigenvalue weighted by Crippen LogP contribution is 2.40. The number of hydrogen-bond donors (Lipinski definition) is 0. The van der Waals surface area contributed by atoms with Crippen LogP contribution in [-0.2, 0) is 5.75 Å². The Morgan fingerprint density at radius 3 is 2.28 bits per heavy atom. The molecular weight excluding hydrogens is 324 g/mol. The van der Waals surface area contributed by atoms with E-state index in [4.69, 9.17) is 4.42 Å². The molecule has 0 fully saturated rings. The molecule has 4 rings (SSSR count). The van der Waals surface area contributed by atoms with Crippen LogP contribution < -0.4 is 0 Å². The summed E-state index contributed by atoms with van der Waals surface area (Å²) in [7, 11) is 0. The van der Waals surface area contributed by atoms with Crippen molar-refractivity contribution in [3.05, 3.63) is 103 Å². The van der Waals surface area contributed by atoms with Crippen LogP contribution in [0.15, 0.2) is 101 Å². The van der Waals surface area contributed by atoms with Crippen molar-refractivity contribution in [2.45, 2.75) is 10.6 Å². The van der Waals surface area contributed by atoms with Gasteiger partial charge in [0, 0.05) is 21.8 Å². The number of thioether (sulfide) groups is 1. The van der Waals surface area contributed by atoms with Gasteiger partial charge < -0.3 is 4.42 Å². The van der Waals surface area contributed by atoms with E-state index < -0.39 is 0 Å². The minimum absolute atomic E-state index is 0.848. The summed E-state index contributed by atoms with van der Waals surface area (Å²) in [5, 5.41) is 0. The van der Waals surface area contributed by atoms with Crippen LogP contribution in [0.4, 0.5) is 0 Å². The lowest BCUT2D eigenvalue weighted by molar-refractivity contribution is 0.582. The molecule has 0 saturated heterocycles. The molecule has 0 bridgehead atoms. The summed E-state index contributed by atoms with van der Waals surface area (Å²) >= 11 is 1.84. The molecule has 0 unspecified atom stereocenters. The summed E-state index contributed by atoms with van der Waals surface area (Å²) in [4.78, 5) is 1.24. The summed E-state index contributed by atoms with van der Waals surface area (Å²) in [6.45, 7) is 0. The Balaban J connectivity index is 1.77. The van der Waals surface area contributed by atoms with Crippen LogP contribution in [0.1, 0.15) is 5.56 Å². The average molecular weight is 341 g/mol. The summed E-state index contributed by atoms with van der Waals surface area (Å²) in [6, 6.07) is 32.4. The van der Waals surface area contributed by atoms with Crippen molar-refractivity contribution in [2.75, 3.05) is 0 Å². The SMILES string of the molecule is [c]1ccc(SCc2ccccc2)c(-c2ccccc2)c1-c1ccco1. The molecule has 0 saturated carbocycles. The number of rotatable bonds is 5. The second-order valence-electron chi connectivity index (χ2n) is 5.71. The van der Waals surface area contributed by atoms with Gasteiger partial charge >= 0.3 is 0 Å². The van der Waals surface area contributed by atoms with Crippen molar-refractivity contribution in [1.29, 1.82) is 0 Å². The molecule has 4 aromatic rings. The molecule has 1 heterocycles. The molecule has 3 aromatic carbocycles. The van der Waals surface area contributed by atoms with E-state index in [1.807, 2.05) is 36.0 Å². The summed E-state index contributed by atoms with van der Waals surface area (Å²) < 4.78 is 5.66. The smallest absolute Gasteiger partial charge is 0.135 e. The first-order valence-electron chi connectivity index (χ1n) is 8.22. The Morgan fingerprint density at radius 1 is 0.800 bits per heavy atom. The third-order valence-electron chi connectivity index (χ3n) is 4.03. The van der Waals surface area contributed by atoms with Gasteiger partial charge in [0.25, 0.3) is 0 Å². The first-order valence-corrected chi connectivity index (χ1v) is 9.21. The van der Waals surface area contributed by atoms with E-state index in [0.29, 0.717) is 0 Å². The van der Waals surface area contributed by atoms with Crippen molar-refractivity contribution in [3.63, 3.8) is 0 Å². The first kappa shape index (κ1) is 15.8. The van der Waals surface area contributed by atoms with Gasteiger partial charge in [0.2, 0.25) is 0 Å². The molecule has 0 amide bonds. The van der Waals surface area contributed by atoms with E-state index in [-0.39, 0.29) is 0 Å². The summed E-state index contributed by atoms with van der Waals surface area (Å²) in [5.41, 5.74) is 4.69. The van der Waals surface area contributed by atoms with Crippen LogP contribution in [0, 0.1) is 6.07 Å². The van der Waals surface area contributed by atoms with Crippen LogP contribution in [-0.4, -0.2) is 0 Å². The topological polar surface area (TPSA) is 13.1 Å². The molecule has 121 valence electrons. The van der Waals surface area contributed by atoms with Gasteiger partial charge in [-0.2, -0.15) is 0 Å². The minimum atomic E-state index is 0.848. The van der Waals surface area contributed by atoms with Gasteiger partial charge in [-0.15, -0.1) is 11.8 Å². The predicted molar refractivity (Wildman–Crippen MR) is 104 cm³/mol. The van der Waals surface area contributed by atoms with Crippen LogP contribution in [0.25, 0.3) is 22.5 Å². The van der Waals surface area contributed by atoms with Gasteiger partial charge in [-0.25, -0.2) is 0 Å². The van der Waals surface area contributed by atoms with Crippen molar-refractivity contribution in [3.8, 4) is 22.5 Å². The molecule has 0 atom stereocenters. The van der Waals surface area contributed by atoms with E-state index in [1.165, 1.54) is 21.6 Å². The van der Waals surface area contributed by atoms with Gasteiger partial charge in [-0.05, 0) is 35.4 Å². The Kier molecular flexibility index (Phi) is 4.71. The van der Waals surface area contributed by atoms with Gasteiger partial charge in [0.1, 0.15) is 5.76 Å². The zero-order chi connectivity index (χ0) is 16.9. The molecule has 0 aliphatic rings. The molecule has 0 spiro atoms. The summed E-state index contributed by atoms with van der Waals surface area (Å²) in [6.07, 6.45) is 1.71. The standard InChI is InChI=1S/C23H17OS/c1-3-9-18(10-4-1)17-25-22-15-7-13-20(21-14-8-16-24-21)23(22)19-11-5-2-6-12-19/h1-12,14-16H,17H2. The predicted octanol–water partition coefficient (Wildman–Crippen LogP) is 6.71.